The first-order valence-electron chi connectivity index (χ1n) is 11.0. The van der Waals surface area contributed by atoms with Gasteiger partial charge in [-0.2, -0.15) is 0 Å². The lowest BCUT2D eigenvalue weighted by molar-refractivity contribution is 0.00807. The van der Waals surface area contributed by atoms with Gasteiger partial charge in [-0.15, -0.1) is 0 Å². The molecule has 0 bridgehead atoms. The highest BCUT2D eigenvalue weighted by Gasteiger charge is 2.27. The average molecular weight is 499 g/mol. The number of fused-ring (bicyclic) bond motifs is 1. The Bertz CT molecular complexity index is 1440. The number of aromatic nitrogens is 3. The van der Waals surface area contributed by atoms with E-state index in [9.17, 15) is 23.8 Å². The van der Waals surface area contributed by atoms with Crippen molar-refractivity contribution in [3.05, 3.63) is 87.1 Å². The number of aliphatic hydroxyl groups is 2. The summed E-state index contributed by atoms with van der Waals surface area (Å²) in [6.07, 6.45) is 0.476. The van der Waals surface area contributed by atoms with Crippen LogP contribution in [0.2, 0.25) is 5.02 Å². The van der Waals surface area contributed by atoms with Crippen molar-refractivity contribution in [2.24, 2.45) is 0 Å². The minimum Gasteiger partial charge on any atom is -0.390 e. The van der Waals surface area contributed by atoms with Crippen molar-refractivity contribution >= 4 is 28.2 Å². The SMILES string of the molecule is O=c1[nH]c(Cc2ccc(-c3cc(F)cc(F)c3)nc2)nc2c(N3CC[C@@H](O)[C@@H](O)C3)cc(Cl)cc12. The maximum Gasteiger partial charge on any atom is 0.258 e. The molecule has 2 aromatic carbocycles. The van der Waals surface area contributed by atoms with E-state index >= 15 is 0 Å². The van der Waals surface area contributed by atoms with Crippen LogP contribution in [0.5, 0.6) is 0 Å². The summed E-state index contributed by atoms with van der Waals surface area (Å²) >= 11 is 6.26. The summed E-state index contributed by atoms with van der Waals surface area (Å²) in [5, 5.41) is 20.7. The van der Waals surface area contributed by atoms with E-state index in [4.69, 9.17) is 11.6 Å². The molecule has 0 amide bonds. The van der Waals surface area contributed by atoms with E-state index in [1.807, 2.05) is 4.90 Å². The average Bonchev–Trinajstić information content (AvgIpc) is 2.81. The third-order valence-electron chi connectivity index (χ3n) is 6.05. The largest absolute Gasteiger partial charge is 0.390 e. The van der Waals surface area contributed by atoms with E-state index in [-0.39, 0.29) is 18.5 Å². The quantitative estimate of drug-likeness (QED) is 0.398. The number of nitrogens with one attached hydrogen (secondary N) is 1. The Hall–Kier alpha value is -3.40. The minimum absolute atomic E-state index is 0.187. The number of halogens is 3. The molecule has 1 aliphatic rings. The van der Waals surface area contributed by atoms with Crippen LogP contribution in [0.4, 0.5) is 14.5 Å². The summed E-state index contributed by atoms with van der Waals surface area (Å²) < 4.78 is 27.1. The number of hydrogen-bond acceptors (Lipinski definition) is 6. The Kier molecular flexibility index (Phi) is 6.22. The van der Waals surface area contributed by atoms with Gasteiger partial charge in [0.25, 0.3) is 5.56 Å². The number of piperidine rings is 1. The number of H-pyrrole nitrogens is 1. The highest BCUT2D eigenvalue weighted by Crippen LogP contribution is 2.30. The Balaban J connectivity index is 1.47. The van der Waals surface area contributed by atoms with E-state index in [1.54, 1.807) is 30.5 Å². The van der Waals surface area contributed by atoms with Crippen molar-refractivity contribution < 1.29 is 19.0 Å². The zero-order chi connectivity index (χ0) is 24.7. The van der Waals surface area contributed by atoms with Crippen molar-refractivity contribution in [2.45, 2.75) is 25.0 Å². The van der Waals surface area contributed by atoms with E-state index in [2.05, 4.69) is 15.0 Å². The first-order valence-corrected chi connectivity index (χ1v) is 11.4. The van der Waals surface area contributed by atoms with Gasteiger partial charge in [0.15, 0.2) is 0 Å². The van der Waals surface area contributed by atoms with Crippen LogP contribution in [0.1, 0.15) is 17.8 Å². The lowest BCUT2D eigenvalue weighted by Gasteiger charge is -2.35. The molecule has 180 valence electrons. The fourth-order valence-electron chi connectivity index (χ4n) is 4.29. The molecule has 35 heavy (non-hydrogen) atoms. The number of aliphatic hydroxyl groups excluding tert-OH is 2. The molecule has 0 spiro atoms. The smallest absolute Gasteiger partial charge is 0.258 e. The number of β-amino-alcohol motifs (C(OH)–C–C–N with tert-alkyl or cyclic N) is 1. The second-order valence-electron chi connectivity index (χ2n) is 8.59. The number of hydrogen-bond donors (Lipinski definition) is 3. The molecule has 0 aliphatic carbocycles. The third kappa shape index (κ3) is 4.88. The molecule has 1 aliphatic heterocycles. The van der Waals surface area contributed by atoms with Crippen LogP contribution >= 0.6 is 11.6 Å². The molecule has 5 rings (SSSR count). The van der Waals surface area contributed by atoms with Crippen LogP contribution in [0.3, 0.4) is 0 Å². The van der Waals surface area contributed by atoms with Crippen LogP contribution in [0.25, 0.3) is 22.2 Å². The second kappa shape index (κ2) is 9.33. The van der Waals surface area contributed by atoms with Gasteiger partial charge in [0.1, 0.15) is 23.0 Å². The van der Waals surface area contributed by atoms with Gasteiger partial charge < -0.3 is 20.1 Å². The molecule has 7 nitrogen and oxygen atoms in total. The van der Waals surface area contributed by atoms with Gasteiger partial charge >= 0.3 is 0 Å². The maximum absolute atomic E-state index is 13.5. The van der Waals surface area contributed by atoms with Crippen molar-refractivity contribution in [3.63, 3.8) is 0 Å². The monoisotopic (exact) mass is 498 g/mol. The lowest BCUT2D eigenvalue weighted by atomic mass is 10.0. The second-order valence-corrected chi connectivity index (χ2v) is 9.03. The van der Waals surface area contributed by atoms with Gasteiger partial charge in [0.2, 0.25) is 0 Å². The Labute approximate surface area is 203 Å². The fourth-order valence-corrected chi connectivity index (χ4v) is 4.51. The first kappa shape index (κ1) is 23.3. The molecule has 0 saturated carbocycles. The summed E-state index contributed by atoms with van der Waals surface area (Å²) in [6, 6.07) is 9.84. The van der Waals surface area contributed by atoms with Crippen molar-refractivity contribution in [3.8, 4) is 11.3 Å². The molecule has 0 radical (unpaired) electrons. The Morgan fingerprint density at radius 3 is 2.54 bits per heavy atom. The number of benzene rings is 2. The molecule has 1 fully saturated rings. The molecule has 2 atom stereocenters. The summed E-state index contributed by atoms with van der Waals surface area (Å²) in [5.74, 6) is -0.971. The van der Waals surface area contributed by atoms with E-state index in [0.29, 0.717) is 51.7 Å². The number of pyridine rings is 1. The van der Waals surface area contributed by atoms with Gasteiger partial charge in [-0.1, -0.05) is 17.7 Å². The van der Waals surface area contributed by atoms with E-state index < -0.39 is 23.8 Å². The molecule has 10 heteroatoms. The maximum atomic E-state index is 13.5. The van der Waals surface area contributed by atoms with Crippen LogP contribution in [0.15, 0.2) is 53.5 Å². The topological polar surface area (TPSA) is 102 Å². The summed E-state index contributed by atoms with van der Waals surface area (Å²) in [5.41, 5.74) is 2.16. The fraction of sp³-hybridized carbons (Fsp3) is 0.240. The standard InChI is InChI=1S/C25H21ClF2N4O3/c26-15-8-18-24(20(9-15)32-4-3-21(33)22(34)12-32)30-23(31-25(18)35)5-13-1-2-19(29-11-13)14-6-16(27)10-17(28)7-14/h1-2,6-11,21-22,33-34H,3-5,12H2,(H,30,31,35)/t21-,22+/m1/s1. The molecular formula is C25H21ClF2N4O3. The Morgan fingerprint density at radius 2 is 1.86 bits per heavy atom. The molecule has 4 aromatic rings. The minimum atomic E-state index is -0.921. The molecule has 3 heterocycles. The van der Waals surface area contributed by atoms with Crippen LogP contribution in [0, 0.1) is 11.6 Å². The predicted molar refractivity (Wildman–Crippen MR) is 129 cm³/mol. The van der Waals surface area contributed by atoms with E-state index in [1.165, 1.54) is 12.1 Å². The molecule has 1 saturated heterocycles. The predicted octanol–water partition coefficient (Wildman–Crippen LogP) is 3.44. The molecule has 2 aromatic heterocycles. The van der Waals surface area contributed by atoms with Crippen molar-refractivity contribution in [1.82, 2.24) is 15.0 Å². The Morgan fingerprint density at radius 1 is 1.09 bits per heavy atom. The summed E-state index contributed by atoms with van der Waals surface area (Å²) in [7, 11) is 0. The molecule has 3 N–H and O–H groups in total. The highest BCUT2D eigenvalue weighted by molar-refractivity contribution is 6.31. The van der Waals surface area contributed by atoms with Gasteiger partial charge in [0, 0.05) is 42.4 Å². The lowest BCUT2D eigenvalue weighted by Crippen LogP contribution is -2.46. The van der Waals surface area contributed by atoms with E-state index in [0.717, 1.165) is 11.6 Å². The molecule has 0 unspecified atom stereocenters. The number of aromatic amines is 1. The van der Waals surface area contributed by atoms with Crippen LogP contribution < -0.4 is 10.5 Å². The van der Waals surface area contributed by atoms with Crippen LogP contribution in [-0.2, 0) is 6.42 Å². The zero-order valence-corrected chi connectivity index (χ0v) is 19.1. The van der Waals surface area contributed by atoms with Gasteiger partial charge in [0.05, 0.1) is 29.0 Å². The van der Waals surface area contributed by atoms with Crippen molar-refractivity contribution in [1.29, 1.82) is 0 Å². The third-order valence-corrected chi connectivity index (χ3v) is 6.26. The van der Waals surface area contributed by atoms with Gasteiger partial charge in [-0.05, 0) is 42.3 Å². The van der Waals surface area contributed by atoms with Gasteiger partial charge in [-0.25, -0.2) is 13.8 Å². The number of rotatable bonds is 4. The van der Waals surface area contributed by atoms with Crippen molar-refractivity contribution in [2.75, 3.05) is 18.0 Å². The normalized spacial score (nSPS) is 18.3. The van der Waals surface area contributed by atoms with Crippen LogP contribution in [-0.4, -0.2) is 50.5 Å². The molecular weight excluding hydrogens is 478 g/mol. The highest BCUT2D eigenvalue weighted by atomic mass is 35.5. The zero-order valence-electron chi connectivity index (χ0n) is 18.4. The number of nitrogens with zero attached hydrogens (tertiary/aromatic N) is 3. The summed E-state index contributed by atoms with van der Waals surface area (Å²) in [4.78, 5) is 26.4. The summed E-state index contributed by atoms with van der Waals surface area (Å²) in [6.45, 7) is 0.663. The van der Waals surface area contributed by atoms with Gasteiger partial charge in [-0.3, -0.25) is 9.78 Å². The first-order chi connectivity index (χ1) is 16.8. The number of anilines is 1.